The van der Waals surface area contributed by atoms with E-state index in [9.17, 15) is 9.90 Å². The van der Waals surface area contributed by atoms with Crippen molar-refractivity contribution in [1.29, 1.82) is 0 Å². The molecule has 1 aromatic rings. The average molecular weight is 270 g/mol. The second kappa shape index (κ2) is 6.21. The molecule has 0 aromatic heterocycles. The van der Waals surface area contributed by atoms with Gasteiger partial charge in [-0.2, -0.15) is 0 Å². The van der Waals surface area contributed by atoms with Gasteiger partial charge in [0, 0.05) is 17.1 Å². The van der Waals surface area contributed by atoms with Gasteiger partial charge in [-0.15, -0.1) is 0 Å². The quantitative estimate of drug-likeness (QED) is 0.883. The molecule has 1 atom stereocenters. The first-order valence-electron chi connectivity index (χ1n) is 6.02. The summed E-state index contributed by atoms with van der Waals surface area (Å²) in [7, 11) is 0. The Balaban J connectivity index is 2.43. The standard InChI is InChI=1S/C14H20ClNO2/c1-14(2,3)12(17)7-8-16-13(18)10-5-4-6-11(15)9-10/h4-6,9,12,17H,7-8H2,1-3H3,(H,16,18)/t12-/m0/s1. The van der Waals surface area contributed by atoms with Gasteiger partial charge in [-0.05, 0) is 30.0 Å². The van der Waals surface area contributed by atoms with Crippen LogP contribution in [0.25, 0.3) is 0 Å². The third-order valence-corrected chi connectivity index (χ3v) is 3.02. The van der Waals surface area contributed by atoms with Crippen LogP contribution in [0, 0.1) is 5.41 Å². The highest BCUT2D eigenvalue weighted by atomic mass is 35.5. The second-order valence-electron chi connectivity index (χ2n) is 5.44. The van der Waals surface area contributed by atoms with Gasteiger partial charge < -0.3 is 10.4 Å². The number of carbonyl (C=O) groups excluding carboxylic acids is 1. The molecule has 0 aliphatic heterocycles. The molecule has 0 fully saturated rings. The van der Waals surface area contributed by atoms with Crippen molar-refractivity contribution < 1.29 is 9.90 Å². The number of amides is 1. The molecule has 2 N–H and O–H groups in total. The van der Waals surface area contributed by atoms with E-state index >= 15 is 0 Å². The molecule has 0 bridgehead atoms. The fraction of sp³-hybridized carbons (Fsp3) is 0.500. The Morgan fingerprint density at radius 2 is 2.11 bits per heavy atom. The van der Waals surface area contributed by atoms with E-state index < -0.39 is 6.10 Å². The number of rotatable bonds is 4. The van der Waals surface area contributed by atoms with Crippen molar-refractivity contribution in [3.8, 4) is 0 Å². The maximum Gasteiger partial charge on any atom is 0.251 e. The number of aliphatic hydroxyl groups is 1. The Morgan fingerprint density at radius 3 is 2.67 bits per heavy atom. The molecule has 1 aromatic carbocycles. The third kappa shape index (κ3) is 4.67. The van der Waals surface area contributed by atoms with E-state index in [0.29, 0.717) is 23.6 Å². The van der Waals surface area contributed by atoms with E-state index in [1.165, 1.54) is 0 Å². The summed E-state index contributed by atoms with van der Waals surface area (Å²) in [6.07, 6.45) is 0.104. The lowest BCUT2D eigenvalue weighted by atomic mass is 9.87. The molecule has 100 valence electrons. The largest absolute Gasteiger partial charge is 0.393 e. The summed E-state index contributed by atoms with van der Waals surface area (Å²) in [5, 5.41) is 13.2. The molecular weight excluding hydrogens is 250 g/mol. The molecule has 1 amide bonds. The third-order valence-electron chi connectivity index (χ3n) is 2.79. The van der Waals surface area contributed by atoms with E-state index in [-0.39, 0.29) is 11.3 Å². The first-order chi connectivity index (χ1) is 8.30. The van der Waals surface area contributed by atoms with Gasteiger partial charge in [0.1, 0.15) is 0 Å². The smallest absolute Gasteiger partial charge is 0.251 e. The number of hydrogen-bond acceptors (Lipinski definition) is 2. The van der Waals surface area contributed by atoms with Gasteiger partial charge in [-0.25, -0.2) is 0 Å². The van der Waals surface area contributed by atoms with Crippen LogP contribution in [0.15, 0.2) is 24.3 Å². The van der Waals surface area contributed by atoms with Crippen LogP contribution < -0.4 is 5.32 Å². The van der Waals surface area contributed by atoms with Crippen LogP contribution in [0.5, 0.6) is 0 Å². The molecular formula is C14H20ClNO2. The number of halogens is 1. The van der Waals surface area contributed by atoms with Crippen molar-refractivity contribution in [1.82, 2.24) is 5.32 Å². The predicted octanol–water partition coefficient (Wildman–Crippen LogP) is 2.87. The predicted molar refractivity (Wildman–Crippen MR) is 73.9 cm³/mol. The van der Waals surface area contributed by atoms with Gasteiger partial charge in [0.15, 0.2) is 0 Å². The maximum absolute atomic E-state index is 11.8. The lowest BCUT2D eigenvalue weighted by Gasteiger charge is -2.25. The zero-order valence-corrected chi connectivity index (χ0v) is 11.8. The zero-order valence-electron chi connectivity index (χ0n) is 11.0. The van der Waals surface area contributed by atoms with Crippen LogP contribution in [-0.4, -0.2) is 23.7 Å². The molecule has 0 saturated carbocycles. The highest BCUT2D eigenvalue weighted by Crippen LogP contribution is 2.21. The molecule has 0 aliphatic carbocycles. The van der Waals surface area contributed by atoms with Gasteiger partial charge in [-0.3, -0.25) is 4.79 Å². The van der Waals surface area contributed by atoms with Gasteiger partial charge >= 0.3 is 0 Å². The van der Waals surface area contributed by atoms with Crippen molar-refractivity contribution in [3.63, 3.8) is 0 Å². The Morgan fingerprint density at radius 1 is 1.44 bits per heavy atom. The van der Waals surface area contributed by atoms with E-state index in [1.807, 2.05) is 20.8 Å². The number of benzene rings is 1. The van der Waals surface area contributed by atoms with E-state index in [0.717, 1.165) is 0 Å². The fourth-order valence-electron chi connectivity index (χ4n) is 1.49. The van der Waals surface area contributed by atoms with Crippen LogP contribution >= 0.6 is 11.6 Å². The summed E-state index contributed by atoms with van der Waals surface area (Å²) in [6, 6.07) is 6.79. The monoisotopic (exact) mass is 269 g/mol. The SMILES string of the molecule is CC(C)(C)[C@@H](O)CCNC(=O)c1cccc(Cl)c1. The van der Waals surface area contributed by atoms with Gasteiger partial charge in [0.25, 0.3) is 5.91 Å². The van der Waals surface area contributed by atoms with Crippen LogP contribution in [0.2, 0.25) is 5.02 Å². The molecule has 1 rings (SSSR count). The minimum Gasteiger partial charge on any atom is -0.393 e. The summed E-state index contributed by atoms with van der Waals surface area (Å²) in [4.78, 5) is 11.8. The summed E-state index contributed by atoms with van der Waals surface area (Å²) in [5.41, 5.74) is 0.369. The molecule has 3 nitrogen and oxygen atoms in total. The van der Waals surface area contributed by atoms with Crippen LogP contribution in [0.1, 0.15) is 37.6 Å². The zero-order chi connectivity index (χ0) is 13.8. The highest BCUT2D eigenvalue weighted by Gasteiger charge is 2.21. The Labute approximate surface area is 113 Å². The number of aliphatic hydroxyl groups excluding tert-OH is 1. The van der Waals surface area contributed by atoms with E-state index in [4.69, 9.17) is 11.6 Å². The molecule has 0 saturated heterocycles. The highest BCUT2D eigenvalue weighted by molar-refractivity contribution is 6.30. The first kappa shape index (κ1) is 15.0. The van der Waals surface area contributed by atoms with Crippen molar-refractivity contribution >= 4 is 17.5 Å². The van der Waals surface area contributed by atoms with Gasteiger partial charge in [0.05, 0.1) is 6.10 Å². The van der Waals surface area contributed by atoms with Crippen LogP contribution in [0.3, 0.4) is 0 Å². The maximum atomic E-state index is 11.8. The summed E-state index contributed by atoms with van der Waals surface area (Å²) >= 11 is 5.81. The second-order valence-corrected chi connectivity index (χ2v) is 5.87. The van der Waals surface area contributed by atoms with Crippen LogP contribution in [-0.2, 0) is 0 Å². The molecule has 0 spiro atoms. The summed E-state index contributed by atoms with van der Waals surface area (Å²) in [5.74, 6) is -0.168. The summed E-state index contributed by atoms with van der Waals surface area (Å²) < 4.78 is 0. The van der Waals surface area contributed by atoms with Crippen molar-refractivity contribution in [2.75, 3.05) is 6.54 Å². The normalized spacial score (nSPS) is 13.2. The average Bonchev–Trinajstić information content (AvgIpc) is 2.27. The van der Waals surface area contributed by atoms with Crippen molar-refractivity contribution in [2.45, 2.75) is 33.3 Å². The molecule has 18 heavy (non-hydrogen) atoms. The molecule has 0 heterocycles. The Kier molecular flexibility index (Phi) is 5.17. The minimum atomic E-state index is -0.433. The number of carbonyl (C=O) groups is 1. The lowest BCUT2D eigenvalue weighted by molar-refractivity contribution is 0.0551. The Bertz CT molecular complexity index is 413. The summed E-state index contributed by atoms with van der Waals surface area (Å²) in [6.45, 7) is 6.35. The lowest BCUT2D eigenvalue weighted by Crippen LogP contribution is -2.32. The minimum absolute atomic E-state index is 0.166. The molecule has 0 unspecified atom stereocenters. The molecule has 4 heteroatoms. The number of hydrogen-bond donors (Lipinski definition) is 2. The van der Waals surface area contributed by atoms with E-state index in [2.05, 4.69) is 5.32 Å². The first-order valence-corrected chi connectivity index (χ1v) is 6.40. The van der Waals surface area contributed by atoms with Gasteiger partial charge in [0.2, 0.25) is 0 Å². The van der Waals surface area contributed by atoms with Crippen LogP contribution in [0.4, 0.5) is 0 Å². The van der Waals surface area contributed by atoms with Crippen molar-refractivity contribution in [2.24, 2.45) is 5.41 Å². The molecule has 0 aliphatic rings. The van der Waals surface area contributed by atoms with Gasteiger partial charge in [-0.1, -0.05) is 38.4 Å². The molecule has 0 radical (unpaired) electrons. The van der Waals surface area contributed by atoms with E-state index in [1.54, 1.807) is 24.3 Å². The van der Waals surface area contributed by atoms with Crippen molar-refractivity contribution in [3.05, 3.63) is 34.9 Å². The topological polar surface area (TPSA) is 49.3 Å². The fourth-order valence-corrected chi connectivity index (χ4v) is 1.68. The Hall–Kier alpha value is -1.06. The number of nitrogens with one attached hydrogen (secondary N) is 1.